The molecule has 0 aliphatic rings. The summed E-state index contributed by atoms with van der Waals surface area (Å²) in [6.45, 7) is 2.76. The molecule has 0 saturated carbocycles. The van der Waals surface area contributed by atoms with E-state index in [2.05, 4.69) is 5.32 Å². The zero-order valence-electron chi connectivity index (χ0n) is 20.9. The molecule has 0 saturated heterocycles. The van der Waals surface area contributed by atoms with Gasteiger partial charge in [0.2, 0.25) is 0 Å². The fourth-order valence-electron chi connectivity index (χ4n) is 3.83. The molecule has 1 amide bonds. The first-order valence-electron chi connectivity index (χ1n) is 12.0. The van der Waals surface area contributed by atoms with E-state index in [0.717, 1.165) is 39.1 Å². The summed E-state index contributed by atoms with van der Waals surface area (Å²) < 4.78 is 15.7. The molecule has 0 atom stereocenters. The van der Waals surface area contributed by atoms with Gasteiger partial charge in [-0.15, -0.1) is 11.3 Å². The molecule has 0 radical (unpaired) electrons. The van der Waals surface area contributed by atoms with Gasteiger partial charge >= 0.3 is 5.97 Å². The molecule has 0 aliphatic heterocycles. The van der Waals surface area contributed by atoms with Gasteiger partial charge in [-0.3, -0.25) is 9.59 Å². The van der Waals surface area contributed by atoms with Gasteiger partial charge in [0, 0.05) is 19.2 Å². The summed E-state index contributed by atoms with van der Waals surface area (Å²) in [7, 11) is 1.60. The molecular weight excluding hydrogens is 486 g/mol. The van der Waals surface area contributed by atoms with E-state index in [1.54, 1.807) is 14.0 Å². The summed E-state index contributed by atoms with van der Waals surface area (Å²) in [5.74, 6) is 0.403. The number of esters is 1. The van der Waals surface area contributed by atoms with Gasteiger partial charge in [0.1, 0.15) is 5.75 Å². The van der Waals surface area contributed by atoms with Crippen molar-refractivity contribution in [1.82, 2.24) is 5.32 Å². The first kappa shape index (κ1) is 26.1. The van der Waals surface area contributed by atoms with Crippen LogP contribution in [0.5, 0.6) is 5.75 Å². The molecule has 1 N–H and O–H groups in total. The molecule has 190 valence electrons. The monoisotopic (exact) mass is 515 g/mol. The third-order valence-corrected chi connectivity index (χ3v) is 6.63. The number of carbonyl (C=O) groups is 2. The first-order chi connectivity index (χ1) is 18.1. The number of carbonyl (C=O) groups excluding carboxylic acids is 2. The SMILES string of the molecule is CCOC(=O)Cc1ccc(CNC(=O)c2cc(-c3ccc(-c4ccccc4OCOC)cc3)cs2)cc1. The molecule has 37 heavy (non-hydrogen) atoms. The highest BCUT2D eigenvalue weighted by molar-refractivity contribution is 7.12. The number of rotatable bonds is 11. The highest BCUT2D eigenvalue weighted by Gasteiger charge is 2.12. The lowest BCUT2D eigenvalue weighted by atomic mass is 10.0. The van der Waals surface area contributed by atoms with E-state index in [-0.39, 0.29) is 25.1 Å². The van der Waals surface area contributed by atoms with Crippen LogP contribution in [0.25, 0.3) is 22.3 Å². The largest absolute Gasteiger partial charge is 0.467 e. The molecule has 6 nitrogen and oxygen atoms in total. The van der Waals surface area contributed by atoms with Crippen molar-refractivity contribution in [2.45, 2.75) is 19.9 Å². The Balaban J connectivity index is 1.36. The number of hydrogen-bond donors (Lipinski definition) is 1. The third kappa shape index (κ3) is 7.06. The van der Waals surface area contributed by atoms with Crippen LogP contribution in [0.4, 0.5) is 0 Å². The Kier molecular flexibility index (Phi) is 9.08. The molecule has 1 heterocycles. The van der Waals surface area contributed by atoms with E-state index >= 15 is 0 Å². The molecule has 0 spiro atoms. The van der Waals surface area contributed by atoms with E-state index in [9.17, 15) is 9.59 Å². The lowest BCUT2D eigenvalue weighted by Gasteiger charge is -2.11. The average Bonchev–Trinajstić information content (AvgIpc) is 3.42. The van der Waals surface area contributed by atoms with E-state index in [1.807, 2.05) is 84.2 Å². The van der Waals surface area contributed by atoms with Crippen molar-refractivity contribution in [2.24, 2.45) is 0 Å². The number of nitrogens with one attached hydrogen (secondary N) is 1. The van der Waals surface area contributed by atoms with Gasteiger partial charge in [-0.05, 0) is 52.3 Å². The smallest absolute Gasteiger partial charge is 0.310 e. The molecule has 0 aliphatic carbocycles. The summed E-state index contributed by atoms with van der Waals surface area (Å²) in [6, 6.07) is 25.5. The summed E-state index contributed by atoms with van der Waals surface area (Å²) in [6.07, 6.45) is 0.244. The van der Waals surface area contributed by atoms with Crippen molar-refractivity contribution >= 4 is 23.2 Å². The van der Waals surface area contributed by atoms with Gasteiger partial charge in [0.25, 0.3) is 5.91 Å². The molecule has 1 aromatic heterocycles. The fourth-order valence-corrected chi connectivity index (χ4v) is 4.66. The Morgan fingerprint density at radius 1 is 0.865 bits per heavy atom. The molecule has 3 aromatic carbocycles. The quantitative estimate of drug-likeness (QED) is 0.193. The van der Waals surface area contributed by atoms with E-state index in [4.69, 9.17) is 14.2 Å². The maximum atomic E-state index is 12.7. The minimum Gasteiger partial charge on any atom is -0.467 e. The van der Waals surface area contributed by atoms with Crippen molar-refractivity contribution in [1.29, 1.82) is 0 Å². The van der Waals surface area contributed by atoms with Crippen LogP contribution in [0.15, 0.2) is 84.2 Å². The minimum absolute atomic E-state index is 0.118. The van der Waals surface area contributed by atoms with Crippen molar-refractivity contribution in [2.75, 3.05) is 20.5 Å². The van der Waals surface area contributed by atoms with Crippen LogP contribution in [0.2, 0.25) is 0 Å². The Hall–Kier alpha value is -3.94. The Morgan fingerprint density at radius 2 is 1.57 bits per heavy atom. The van der Waals surface area contributed by atoms with Crippen LogP contribution >= 0.6 is 11.3 Å². The molecule has 0 fully saturated rings. The van der Waals surface area contributed by atoms with Crippen LogP contribution in [0.3, 0.4) is 0 Å². The van der Waals surface area contributed by atoms with Gasteiger partial charge in [-0.25, -0.2) is 0 Å². The second-order valence-corrected chi connectivity index (χ2v) is 9.22. The Labute approximate surface area is 220 Å². The average molecular weight is 516 g/mol. The first-order valence-corrected chi connectivity index (χ1v) is 12.9. The topological polar surface area (TPSA) is 73.9 Å². The summed E-state index contributed by atoms with van der Waals surface area (Å²) in [4.78, 5) is 25.0. The molecule has 0 unspecified atom stereocenters. The maximum Gasteiger partial charge on any atom is 0.310 e. The molecular formula is C30H29NO5S. The Morgan fingerprint density at radius 3 is 2.30 bits per heavy atom. The van der Waals surface area contributed by atoms with Crippen LogP contribution in [0, 0.1) is 0 Å². The molecule has 0 bridgehead atoms. The third-order valence-electron chi connectivity index (χ3n) is 5.70. The number of benzene rings is 3. The van der Waals surface area contributed by atoms with Crippen LogP contribution in [-0.4, -0.2) is 32.4 Å². The van der Waals surface area contributed by atoms with Crippen molar-refractivity contribution < 1.29 is 23.8 Å². The van der Waals surface area contributed by atoms with Gasteiger partial charge in [0.05, 0.1) is 17.9 Å². The minimum atomic E-state index is -0.243. The van der Waals surface area contributed by atoms with Crippen molar-refractivity contribution in [3.05, 3.63) is 100 Å². The predicted octanol–water partition coefficient (Wildman–Crippen LogP) is 6.10. The van der Waals surface area contributed by atoms with Gasteiger partial charge in [-0.2, -0.15) is 0 Å². The molecule has 4 aromatic rings. The molecule has 4 rings (SSSR count). The highest BCUT2D eigenvalue weighted by atomic mass is 32.1. The highest BCUT2D eigenvalue weighted by Crippen LogP contribution is 2.32. The Bertz CT molecular complexity index is 1330. The van der Waals surface area contributed by atoms with E-state index in [1.165, 1.54) is 11.3 Å². The number of thiophene rings is 1. The van der Waals surface area contributed by atoms with E-state index < -0.39 is 0 Å². The fraction of sp³-hybridized carbons (Fsp3) is 0.200. The molecule has 7 heteroatoms. The van der Waals surface area contributed by atoms with Gasteiger partial charge in [-0.1, -0.05) is 66.7 Å². The summed E-state index contributed by atoms with van der Waals surface area (Å²) in [5.41, 5.74) is 5.90. The lowest BCUT2D eigenvalue weighted by Crippen LogP contribution is -2.21. The second kappa shape index (κ2) is 12.9. The number of amides is 1. The number of methoxy groups -OCH3 is 1. The number of ether oxygens (including phenoxy) is 3. The maximum absolute atomic E-state index is 12.7. The van der Waals surface area contributed by atoms with Crippen LogP contribution in [0.1, 0.15) is 27.7 Å². The van der Waals surface area contributed by atoms with Crippen molar-refractivity contribution in [3.8, 4) is 28.0 Å². The normalized spacial score (nSPS) is 10.6. The second-order valence-electron chi connectivity index (χ2n) is 8.30. The van der Waals surface area contributed by atoms with E-state index in [0.29, 0.717) is 18.0 Å². The number of hydrogen-bond acceptors (Lipinski definition) is 6. The zero-order valence-corrected chi connectivity index (χ0v) is 21.7. The standard InChI is InChI=1S/C30H29NO5S/c1-3-35-29(32)16-21-8-10-22(11-9-21)18-31-30(33)28-17-25(19-37-28)23-12-14-24(15-13-23)26-6-4-5-7-27(26)36-20-34-2/h4-15,17,19H,3,16,18,20H2,1-2H3,(H,31,33). The van der Waals surface area contributed by atoms with Crippen LogP contribution in [-0.2, 0) is 27.2 Å². The predicted molar refractivity (Wildman–Crippen MR) is 146 cm³/mol. The van der Waals surface area contributed by atoms with Gasteiger partial charge < -0.3 is 19.5 Å². The number of para-hydroxylation sites is 1. The zero-order chi connectivity index (χ0) is 26.0. The van der Waals surface area contributed by atoms with Gasteiger partial charge in [0.15, 0.2) is 6.79 Å². The summed E-state index contributed by atoms with van der Waals surface area (Å²) in [5, 5.41) is 4.96. The summed E-state index contributed by atoms with van der Waals surface area (Å²) >= 11 is 1.42. The lowest BCUT2D eigenvalue weighted by molar-refractivity contribution is -0.142. The van der Waals surface area contributed by atoms with Crippen LogP contribution < -0.4 is 10.1 Å². The van der Waals surface area contributed by atoms with Crippen molar-refractivity contribution in [3.63, 3.8) is 0 Å².